The summed E-state index contributed by atoms with van der Waals surface area (Å²) in [6, 6.07) is 66.9. The maximum absolute atomic E-state index is 5.36. The average Bonchev–Trinajstić information content (AvgIpc) is 3.37. The summed E-state index contributed by atoms with van der Waals surface area (Å²) in [5, 5.41) is 6.97. The maximum Gasteiger partial charge on any atom is 0.164 e. The molecule has 1 aromatic heterocycles. The zero-order valence-corrected chi connectivity index (χ0v) is 29.2. The first-order chi connectivity index (χ1) is 26.8. The van der Waals surface area contributed by atoms with Crippen LogP contribution in [0, 0.1) is 0 Å². The van der Waals surface area contributed by atoms with Gasteiger partial charge in [0.25, 0.3) is 0 Å². The minimum absolute atomic E-state index is 0.639. The van der Waals surface area contributed by atoms with Gasteiger partial charge in [0, 0.05) is 16.7 Å². The Morgan fingerprint density at radius 2 is 0.704 bits per heavy atom. The molecule has 250 valence electrons. The van der Waals surface area contributed by atoms with Crippen molar-refractivity contribution in [1.29, 1.82) is 0 Å². The van der Waals surface area contributed by atoms with E-state index in [0.29, 0.717) is 17.5 Å². The van der Waals surface area contributed by atoms with E-state index in [-0.39, 0.29) is 0 Å². The number of aromatic nitrogens is 3. The van der Waals surface area contributed by atoms with Gasteiger partial charge in [0.2, 0.25) is 0 Å². The van der Waals surface area contributed by atoms with Crippen molar-refractivity contribution in [3.8, 4) is 78.7 Å². The molecule has 0 saturated heterocycles. The number of hydrogen-bond donors (Lipinski definition) is 0. The summed E-state index contributed by atoms with van der Waals surface area (Å²) in [7, 11) is 0. The topological polar surface area (TPSA) is 38.7 Å². The molecule has 0 fully saturated rings. The molecule has 10 aromatic rings. The van der Waals surface area contributed by atoms with E-state index in [9.17, 15) is 0 Å². The van der Waals surface area contributed by atoms with Crippen molar-refractivity contribution in [2.75, 3.05) is 0 Å². The van der Waals surface area contributed by atoms with E-state index >= 15 is 0 Å². The molecule has 1 aliphatic rings. The van der Waals surface area contributed by atoms with Crippen LogP contribution in [-0.2, 0) is 0 Å². The molecule has 0 aliphatic heterocycles. The molecule has 0 N–H and O–H groups in total. The maximum atomic E-state index is 5.36. The van der Waals surface area contributed by atoms with Crippen LogP contribution in [0.4, 0.5) is 0 Å². The SMILES string of the molecule is c1ccc(-c2ccc(-c3nc(-c4ccc5c6c(cccc46)-c4ccccc4-c4ccccc4-5)nc(-c4cc5ccccc5c5ccccc45)n3)cc2)cc1. The van der Waals surface area contributed by atoms with E-state index < -0.39 is 0 Å². The number of benzene rings is 9. The van der Waals surface area contributed by atoms with Crippen LogP contribution in [0.1, 0.15) is 0 Å². The second kappa shape index (κ2) is 12.2. The Labute approximate surface area is 312 Å². The molecule has 1 aliphatic carbocycles. The van der Waals surface area contributed by atoms with E-state index in [1.165, 1.54) is 55.1 Å². The average molecular weight is 686 g/mol. The minimum Gasteiger partial charge on any atom is -0.208 e. The Kier molecular flexibility index (Phi) is 6.86. The second-order valence-electron chi connectivity index (χ2n) is 13.9. The third kappa shape index (κ3) is 4.79. The van der Waals surface area contributed by atoms with E-state index in [4.69, 9.17) is 15.0 Å². The molecule has 0 bridgehead atoms. The lowest BCUT2D eigenvalue weighted by Crippen LogP contribution is -2.01. The van der Waals surface area contributed by atoms with Gasteiger partial charge in [0.05, 0.1) is 0 Å². The molecule has 0 spiro atoms. The molecule has 54 heavy (non-hydrogen) atoms. The Morgan fingerprint density at radius 3 is 1.43 bits per heavy atom. The Balaban J connectivity index is 1.18. The molecular weight excluding hydrogens is 655 g/mol. The lowest BCUT2D eigenvalue weighted by molar-refractivity contribution is 1.08. The first-order valence-corrected chi connectivity index (χ1v) is 18.4. The van der Waals surface area contributed by atoms with Crippen molar-refractivity contribution in [3.05, 3.63) is 188 Å². The summed E-state index contributed by atoms with van der Waals surface area (Å²) in [5.74, 6) is 1.94. The van der Waals surface area contributed by atoms with Gasteiger partial charge >= 0.3 is 0 Å². The van der Waals surface area contributed by atoms with Crippen LogP contribution in [0.25, 0.3) is 111 Å². The minimum atomic E-state index is 0.639. The third-order valence-corrected chi connectivity index (χ3v) is 10.9. The Morgan fingerprint density at radius 1 is 0.241 bits per heavy atom. The van der Waals surface area contributed by atoms with E-state index in [1.54, 1.807) is 0 Å². The van der Waals surface area contributed by atoms with Gasteiger partial charge in [-0.05, 0) is 89.0 Å². The molecule has 0 saturated carbocycles. The van der Waals surface area contributed by atoms with Crippen molar-refractivity contribution in [2.24, 2.45) is 0 Å². The van der Waals surface area contributed by atoms with Crippen molar-refractivity contribution < 1.29 is 0 Å². The predicted molar refractivity (Wildman–Crippen MR) is 224 cm³/mol. The zero-order chi connectivity index (χ0) is 35.6. The Hall–Kier alpha value is -7.23. The first-order valence-electron chi connectivity index (χ1n) is 18.4. The van der Waals surface area contributed by atoms with Crippen LogP contribution < -0.4 is 0 Å². The van der Waals surface area contributed by atoms with Crippen molar-refractivity contribution in [3.63, 3.8) is 0 Å². The highest BCUT2D eigenvalue weighted by Gasteiger charge is 2.24. The molecule has 0 atom stereocenters. The molecule has 0 amide bonds. The van der Waals surface area contributed by atoms with Crippen LogP contribution in [0.2, 0.25) is 0 Å². The molecule has 11 rings (SSSR count). The van der Waals surface area contributed by atoms with Crippen LogP contribution >= 0.6 is 0 Å². The summed E-state index contributed by atoms with van der Waals surface area (Å²) in [6.45, 7) is 0. The smallest absolute Gasteiger partial charge is 0.164 e. The fourth-order valence-electron chi connectivity index (χ4n) is 8.38. The number of hydrogen-bond acceptors (Lipinski definition) is 3. The molecule has 3 heteroatoms. The summed E-state index contributed by atoms with van der Waals surface area (Å²) in [4.78, 5) is 15.9. The Bertz CT molecular complexity index is 3040. The van der Waals surface area contributed by atoms with Crippen LogP contribution in [0.3, 0.4) is 0 Å². The van der Waals surface area contributed by atoms with Gasteiger partial charge in [-0.25, -0.2) is 15.0 Å². The normalized spacial score (nSPS) is 11.7. The quantitative estimate of drug-likeness (QED) is 0.173. The van der Waals surface area contributed by atoms with Gasteiger partial charge in [-0.3, -0.25) is 0 Å². The highest BCUT2D eigenvalue weighted by molar-refractivity contribution is 6.17. The van der Waals surface area contributed by atoms with Crippen LogP contribution in [0.15, 0.2) is 188 Å². The summed E-state index contributed by atoms with van der Waals surface area (Å²) >= 11 is 0. The van der Waals surface area contributed by atoms with Gasteiger partial charge in [-0.2, -0.15) is 0 Å². The summed E-state index contributed by atoms with van der Waals surface area (Å²) < 4.78 is 0. The highest BCUT2D eigenvalue weighted by atomic mass is 15.0. The highest BCUT2D eigenvalue weighted by Crippen LogP contribution is 2.49. The molecule has 0 radical (unpaired) electrons. The van der Waals surface area contributed by atoms with Gasteiger partial charge in [0.15, 0.2) is 17.5 Å². The zero-order valence-electron chi connectivity index (χ0n) is 29.2. The monoisotopic (exact) mass is 685 g/mol. The van der Waals surface area contributed by atoms with Crippen molar-refractivity contribution in [1.82, 2.24) is 15.0 Å². The predicted octanol–water partition coefficient (Wildman–Crippen LogP) is 13.3. The van der Waals surface area contributed by atoms with Gasteiger partial charge in [-0.15, -0.1) is 0 Å². The third-order valence-electron chi connectivity index (χ3n) is 10.9. The molecular formula is C51H31N3. The van der Waals surface area contributed by atoms with E-state index in [1.807, 2.05) is 6.07 Å². The summed E-state index contributed by atoms with van der Waals surface area (Å²) in [5.41, 5.74) is 12.6. The number of fused-ring (bicyclic) bond motifs is 8. The van der Waals surface area contributed by atoms with Crippen molar-refractivity contribution >= 4 is 32.3 Å². The number of nitrogens with zero attached hydrogens (tertiary/aromatic N) is 3. The summed E-state index contributed by atoms with van der Waals surface area (Å²) in [6.07, 6.45) is 0. The lowest BCUT2D eigenvalue weighted by atomic mass is 9.91. The standard InChI is InChI=1S/C51H31N3/c1-2-13-32(14-3-1)33-25-27-34(28-26-33)49-52-50(54-51(53-49)47-31-35-15-4-5-16-36(35)37-17-6-11-22-42(37)47)46-30-29-45-41-21-10-8-19-39(41)38-18-7-9-20-40(38)43-23-12-24-44(46)48(43)45/h1-31H. The molecule has 9 aromatic carbocycles. The van der Waals surface area contributed by atoms with E-state index in [2.05, 4.69) is 182 Å². The van der Waals surface area contributed by atoms with E-state index in [0.717, 1.165) is 38.4 Å². The molecule has 0 unspecified atom stereocenters. The first kappa shape index (κ1) is 30.4. The van der Waals surface area contributed by atoms with Gasteiger partial charge in [0.1, 0.15) is 0 Å². The molecule has 1 heterocycles. The largest absolute Gasteiger partial charge is 0.208 e. The van der Waals surface area contributed by atoms with Crippen LogP contribution in [0.5, 0.6) is 0 Å². The second-order valence-corrected chi connectivity index (χ2v) is 13.9. The van der Waals surface area contributed by atoms with Gasteiger partial charge in [-0.1, -0.05) is 176 Å². The fraction of sp³-hybridized carbons (Fsp3) is 0. The van der Waals surface area contributed by atoms with Crippen LogP contribution in [-0.4, -0.2) is 15.0 Å². The lowest BCUT2D eigenvalue weighted by Gasteiger charge is -2.16. The number of rotatable bonds is 4. The van der Waals surface area contributed by atoms with Gasteiger partial charge < -0.3 is 0 Å². The van der Waals surface area contributed by atoms with Crippen molar-refractivity contribution in [2.45, 2.75) is 0 Å². The fourth-order valence-corrected chi connectivity index (χ4v) is 8.38. The molecule has 3 nitrogen and oxygen atoms in total.